The summed E-state index contributed by atoms with van der Waals surface area (Å²) < 4.78 is 22.2. The summed E-state index contributed by atoms with van der Waals surface area (Å²) in [6.07, 6.45) is 7.44. The largest absolute Gasteiger partial charge is 0.340 e. The number of rotatable bonds is 8. The number of nitrogens with one attached hydrogen (secondary N) is 1. The van der Waals surface area contributed by atoms with Crippen LogP contribution in [0.15, 0.2) is 5.10 Å². The highest BCUT2D eigenvalue weighted by atomic mass is 31.2. The minimum absolute atomic E-state index is 0.246. The second-order valence-corrected chi connectivity index (χ2v) is 6.87. The summed E-state index contributed by atoms with van der Waals surface area (Å²) in [4.78, 5) is 11.7. The highest BCUT2D eigenvalue weighted by Gasteiger charge is 2.27. The van der Waals surface area contributed by atoms with Crippen molar-refractivity contribution in [2.45, 2.75) is 46.0 Å². The first-order chi connectivity index (χ1) is 9.59. The van der Waals surface area contributed by atoms with E-state index < -0.39 is 13.5 Å². The van der Waals surface area contributed by atoms with Gasteiger partial charge in [-0.1, -0.05) is 19.3 Å². The molecule has 0 spiro atoms. The van der Waals surface area contributed by atoms with Crippen molar-refractivity contribution in [2.75, 3.05) is 19.4 Å². The first-order valence-electron chi connectivity index (χ1n) is 7.29. The second kappa shape index (κ2) is 9.27. The van der Waals surface area contributed by atoms with Crippen LogP contribution < -0.4 is 5.43 Å². The molecule has 0 aliphatic heterocycles. The van der Waals surface area contributed by atoms with E-state index in [-0.39, 0.29) is 19.4 Å². The van der Waals surface area contributed by atoms with Crippen molar-refractivity contribution in [3.05, 3.63) is 0 Å². The number of nitrogens with zero attached hydrogens (tertiary/aromatic N) is 1. The Bertz CT molecular complexity index is 357. The van der Waals surface area contributed by atoms with Crippen LogP contribution in [0.25, 0.3) is 0 Å². The van der Waals surface area contributed by atoms with Gasteiger partial charge in [0.15, 0.2) is 0 Å². The number of amides is 1. The zero-order valence-corrected chi connectivity index (χ0v) is 13.2. The lowest BCUT2D eigenvalue weighted by molar-refractivity contribution is -0.118. The van der Waals surface area contributed by atoms with Crippen LogP contribution in [0.2, 0.25) is 0 Å². The maximum atomic E-state index is 12.1. The molecule has 116 valence electrons. The van der Waals surface area contributed by atoms with E-state index in [4.69, 9.17) is 9.05 Å². The average Bonchev–Trinajstić information content (AvgIpc) is 2.40. The van der Waals surface area contributed by atoms with Gasteiger partial charge in [0, 0.05) is 6.21 Å². The summed E-state index contributed by atoms with van der Waals surface area (Å²) in [5.41, 5.74) is 2.40. The highest BCUT2D eigenvalue weighted by Crippen LogP contribution is 2.47. The van der Waals surface area contributed by atoms with Crippen molar-refractivity contribution >= 4 is 19.7 Å². The lowest BCUT2D eigenvalue weighted by atomic mass is 9.90. The van der Waals surface area contributed by atoms with Crippen molar-refractivity contribution in [1.29, 1.82) is 0 Å². The fourth-order valence-corrected chi connectivity index (χ4v) is 3.70. The van der Waals surface area contributed by atoms with E-state index in [0.29, 0.717) is 5.92 Å². The fraction of sp³-hybridized carbons (Fsp3) is 0.846. The minimum atomic E-state index is -3.33. The summed E-state index contributed by atoms with van der Waals surface area (Å²) >= 11 is 0. The summed E-state index contributed by atoms with van der Waals surface area (Å²) in [5.74, 6) is -0.00284. The van der Waals surface area contributed by atoms with Gasteiger partial charge in [-0.15, -0.1) is 0 Å². The molecule has 7 heteroatoms. The van der Waals surface area contributed by atoms with Crippen LogP contribution in [0, 0.1) is 5.92 Å². The lowest BCUT2D eigenvalue weighted by Crippen LogP contribution is -2.23. The molecule has 0 radical (unpaired) electrons. The van der Waals surface area contributed by atoms with E-state index in [9.17, 15) is 9.36 Å². The number of hydrogen-bond donors (Lipinski definition) is 1. The van der Waals surface area contributed by atoms with Gasteiger partial charge in [0.05, 0.1) is 13.2 Å². The molecule has 6 nitrogen and oxygen atoms in total. The quantitative estimate of drug-likeness (QED) is 0.425. The molecule has 1 saturated carbocycles. The summed E-state index contributed by atoms with van der Waals surface area (Å²) in [7, 11) is -3.33. The van der Waals surface area contributed by atoms with Crippen LogP contribution >= 0.6 is 7.60 Å². The Kier molecular flexibility index (Phi) is 8.04. The van der Waals surface area contributed by atoms with E-state index >= 15 is 0 Å². The standard InChI is InChI=1S/C13H25N2O4P/c1-3-18-20(17,19-4-2)11-13(16)15-14-10-12-8-6-5-7-9-12/h10,12H,3-9,11H2,1-2H3,(H,15,16). The Labute approximate surface area is 120 Å². The predicted molar refractivity (Wildman–Crippen MR) is 78.9 cm³/mol. The van der Waals surface area contributed by atoms with Gasteiger partial charge in [-0.3, -0.25) is 9.36 Å². The monoisotopic (exact) mass is 304 g/mol. The van der Waals surface area contributed by atoms with Crippen LogP contribution in [0.1, 0.15) is 46.0 Å². The SMILES string of the molecule is CCOP(=O)(CC(=O)NN=CC1CCCCC1)OCC. The first kappa shape index (κ1) is 17.3. The van der Waals surface area contributed by atoms with Gasteiger partial charge in [0.25, 0.3) is 5.91 Å². The van der Waals surface area contributed by atoms with Gasteiger partial charge in [0.2, 0.25) is 0 Å². The third-order valence-electron chi connectivity index (χ3n) is 3.11. The Morgan fingerprint density at radius 2 is 1.85 bits per heavy atom. The molecule has 0 aromatic carbocycles. The van der Waals surface area contributed by atoms with E-state index in [2.05, 4.69) is 10.5 Å². The van der Waals surface area contributed by atoms with Gasteiger partial charge in [-0.05, 0) is 32.6 Å². The number of carbonyl (C=O) groups is 1. The third-order valence-corrected chi connectivity index (χ3v) is 5.09. The zero-order chi connectivity index (χ0) is 14.8. The Balaban J connectivity index is 2.37. The molecule has 1 aliphatic carbocycles. The van der Waals surface area contributed by atoms with E-state index in [1.807, 2.05) is 0 Å². The molecule has 0 atom stereocenters. The number of hydrazone groups is 1. The van der Waals surface area contributed by atoms with E-state index in [1.54, 1.807) is 20.1 Å². The van der Waals surface area contributed by atoms with Crippen LogP contribution in [0.3, 0.4) is 0 Å². The molecule has 0 aromatic heterocycles. The smallest absolute Gasteiger partial charge is 0.309 e. The van der Waals surface area contributed by atoms with Crippen molar-refractivity contribution in [1.82, 2.24) is 5.43 Å². The first-order valence-corrected chi connectivity index (χ1v) is 9.02. The van der Waals surface area contributed by atoms with Gasteiger partial charge in [-0.2, -0.15) is 5.10 Å². The van der Waals surface area contributed by atoms with Crippen molar-refractivity contribution in [3.8, 4) is 0 Å². The Hall–Kier alpha value is -0.710. The molecule has 20 heavy (non-hydrogen) atoms. The normalized spacial score (nSPS) is 17.5. The minimum Gasteiger partial charge on any atom is -0.309 e. The van der Waals surface area contributed by atoms with Crippen molar-refractivity contribution in [2.24, 2.45) is 11.0 Å². The van der Waals surface area contributed by atoms with E-state index in [1.165, 1.54) is 19.3 Å². The fourth-order valence-electron chi connectivity index (χ4n) is 2.23. The molecule has 0 heterocycles. The Morgan fingerprint density at radius 3 is 2.40 bits per heavy atom. The molecule has 0 bridgehead atoms. The molecule has 0 unspecified atom stereocenters. The average molecular weight is 304 g/mol. The van der Waals surface area contributed by atoms with Crippen LogP contribution in [-0.4, -0.2) is 31.5 Å². The molecular weight excluding hydrogens is 279 g/mol. The highest BCUT2D eigenvalue weighted by molar-refractivity contribution is 7.54. The lowest BCUT2D eigenvalue weighted by Gasteiger charge is -2.17. The van der Waals surface area contributed by atoms with Crippen molar-refractivity contribution < 1.29 is 18.4 Å². The van der Waals surface area contributed by atoms with Gasteiger partial charge in [-0.25, -0.2) is 5.43 Å². The summed E-state index contributed by atoms with van der Waals surface area (Å²) in [6.45, 7) is 3.92. The summed E-state index contributed by atoms with van der Waals surface area (Å²) in [6, 6.07) is 0. The number of hydrogen-bond acceptors (Lipinski definition) is 5. The molecule has 1 fully saturated rings. The van der Waals surface area contributed by atoms with Gasteiger partial charge >= 0.3 is 7.60 Å². The Morgan fingerprint density at radius 1 is 1.25 bits per heavy atom. The molecule has 1 amide bonds. The van der Waals surface area contributed by atoms with Gasteiger partial charge < -0.3 is 9.05 Å². The predicted octanol–water partition coefficient (Wildman–Crippen LogP) is 2.93. The molecule has 1 rings (SSSR count). The second-order valence-electron chi connectivity index (χ2n) is 4.82. The molecule has 1 N–H and O–H groups in total. The van der Waals surface area contributed by atoms with Crippen LogP contribution in [0.5, 0.6) is 0 Å². The molecule has 0 aromatic rings. The maximum absolute atomic E-state index is 12.1. The zero-order valence-electron chi connectivity index (χ0n) is 12.3. The maximum Gasteiger partial charge on any atom is 0.340 e. The molecule has 0 saturated heterocycles. The number of carbonyl (C=O) groups excluding carboxylic acids is 1. The topological polar surface area (TPSA) is 77.0 Å². The molecular formula is C13H25N2O4P. The van der Waals surface area contributed by atoms with Gasteiger partial charge in [0.1, 0.15) is 6.16 Å². The van der Waals surface area contributed by atoms with Crippen LogP contribution in [0.4, 0.5) is 0 Å². The van der Waals surface area contributed by atoms with Crippen molar-refractivity contribution in [3.63, 3.8) is 0 Å². The van der Waals surface area contributed by atoms with E-state index in [0.717, 1.165) is 12.8 Å². The van der Waals surface area contributed by atoms with Crippen LogP contribution in [-0.2, 0) is 18.4 Å². The summed E-state index contributed by atoms with van der Waals surface area (Å²) in [5, 5.41) is 3.94. The molecule has 1 aliphatic rings. The third kappa shape index (κ3) is 6.64.